The Morgan fingerprint density at radius 3 is 2.24 bits per heavy atom. The minimum atomic E-state index is -0.313. The first-order valence-corrected chi connectivity index (χ1v) is 11.4. The van der Waals surface area contributed by atoms with Crippen LogP contribution in [0.4, 0.5) is 0 Å². The zero-order chi connectivity index (χ0) is 21.3. The van der Waals surface area contributed by atoms with E-state index in [9.17, 15) is 15.0 Å². The molecule has 164 valence electrons. The van der Waals surface area contributed by atoms with Crippen LogP contribution < -0.4 is 0 Å². The third-order valence-electron chi connectivity index (χ3n) is 5.13. The summed E-state index contributed by atoms with van der Waals surface area (Å²) < 4.78 is 5.41. The Morgan fingerprint density at radius 2 is 1.59 bits per heavy atom. The minimum absolute atomic E-state index is 0.104. The summed E-state index contributed by atoms with van der Waals surface area (Å²) in [5.74, 6) is -0.0881. The van der Waals surface area contributed by atoms with Crippen LogP contribution in [-0.4, -0.2) is 22.3 Å². The molecule has 4 heteroatoms. The standard InChI is InChI=1S/C25H40O4/c1-3-4-5-6-7-8-9-10-11-12-13-14-15-16-24(29-21(2)26)20-22-19-23(27)17-18-25(22)28/h10-11,17-19,24,27-28H,3-9,12-16,20H2,1-2H3/b11-10-/t24-/m1/s1. The van der Waals surface area contributed by atoms with Gasteiger partial charge in [0.2, 0.25) is 0 Å². The first-order chi connectivity index (χ1) is 14.0. The monoisotopic (exact) mass is 404 g/mol. The average Bonchev–Trinajstić information content (AvgIpc) is 2.67. The zero-order valence-corrected chi connectivity index (χ0v) is 18.4. The van der Waals surface area contributed by atoms with E-state index in [0.29, 0.717) is 12.0 Å². The Hall–Kier alpha value is -1.97. The number of carbonyl (C=O) groups is 1. The summed E-state index contributed by atoms with van der Waals surface area (Å²) in [4.78, 5) is 11.4. The Labute approximate surface area is 177 Å². The van der Waals surface area contributed by atoms with Crippen molar-refractivity contribution in [2.45, 2.75) is 103 Å². The molecule has 0 aliphatic rings. The Morgan fingerprint density at radius 1 is 0.966 bits per heavy atom. The molecule has 0 aliphatic heterocycles. The fraction of sp³-hybridized carbons (Fsp3) is 0.640. The molecule has 1 aromatic carbocycles. The van der Waals surface area contributed by atoms with Gasteiger partial charge in [-0.15, -0.1) is 0 Å². The number of esters is 1. The van der Waals surface area contributed by atoms with Gasteiger partial charge in [-0.25, -0.2) is 0 Å². The van der Waals surface area contributed by atoms with Crippen molar-refractivity contribution in [2.75, 3.05) is 0 Å². The number of phenols is 2. The second-order valence-electron chi connectivity index (χ2n) is 7.91. The van der Waals surface area contributed by atoms with Crippen molar-refractivity contribution in [3.05, 3.63) is 35.9 Å². The molecule has 0 heterocycles. The van der Waals surface area contributed by atoms with Crippen molar-refractivity contribution in [3.8, 4) is 11.5 Å². The highest BCUT2D eigenvalue weighted by atomic mass is 16.5. The van der Waals surface area contributed by atoms with E-state index in [1.54, 1.807) is 0 Å². The zero-order valence-electron chi connectivity index (χ0n) is 18.4. The number of hydrogen-bond acceptors (Lipinski definition) is 4. The number of allylic oxidation sites excluding steroid dienone is 2. The van der Waals surface area contributed by atoms with Crippen molar-refractivity contribution < 1.29 is 19.7 Å². The third-order valence-corrected chi connectivity index (χ3v) is 5.13. The van der Waals surface area contributed by atoms with Crippen LogP contribution in [0.3, 0.4) is 0 Å². The smallest absolute Gasteiger partial charge is 0.302 e. The van der Waals surface area contributed by atoms with Gasteiger partial charge in [0.15, 0.2) is 0 Å². The highest BCUT2D eigenvalue weighted by Crippen LogP contribution is 2.25. The van der Waals surface area contributed by atoms with Gasteiger partial charge in [-0.05, 0) is 56.7 Å². The van der Waals surface area contributed by atoms with Crippen LogP contribution in [0, 0.1) is 0 Å². The number of phenolic OH excluding ortho intramolecular Hbond substituents is 2. The molecule has 0 spiro atoms. The molecule has 2 N–H and O–H groups in total. The van der Waals surface area contributed by atoms with Crippen molar-refractivity contribution in [1.29, 1.82) is 0 Å². The molecule has 0 aliphatic carbocycles. The highest BCUT2D eigenvalue weighted by molar-refractivity contribution is 5.66. The van der Waals surface area contributed by atoms with Crippen LogP contribution in [0.5, 0.6) is 11.5 Å². The molecular weight excluding hydrogens is 364 g/mol. The third kappa shape index (κ3) is 13.0. The predicted octanol–water partition coefficient (Wildman–Crippen LogP) is 6.83. The van der Waals surface area contributed by atoms with E-state index in [1.165, 1.54) is 70.1 Å². The van der Waals surface area contributed by atoms with Crippen LogP contribution in [-0.2, 0) is 16.0 Å². The fourth-order valence-corrected chi connectivity index (χ4v) is 3.51. The quantitative estimate of drug-likeness (QED) is 0.137. The maximum atomic E-state index is 11.4. The van der Waals surface area contributed by atoms with Gasteiger partial charge in [-0.2, -0.15) is 0 Å². The minimum Gasteiger partial charge on any atom is -0.508 e. The first-order valence-electron chi connectivity index (χ1n) is 11.4. The van der Waals surface area contributed by atoms with E-state index >= 15 is 0 Å². The average molecular weight is 405 g/mol. The number of unbranched alkanes of at least 4 members (excludes halogenated alkanes) is 9. The molecule has 0 aromatic heterocycles. The lowest BCUT2D eigenvalue weighted by Gasteiger charge is -2.18. The van der Waals surface area contributed by atoms with Crippen molar-refractivity contribution in [1.82, 2.24) is 0 Å². The molecule has 1 rings (SSSR count). The SMILES string of the molecule is CCCCCCCC/C=C\CCCCC[C@H](Cc1cc(O)ccc1O)OC(C)=O. The van der Waals surface area contributed by atoms with Gasteiger partial charge in [0, 0.05) is 18.9 Å². The van der Waals surface area contributed by atoms with E-state index < -0.39 is 0 Å². The van der Waals surface area contributed by atoms with Crippen LogP contribution in [0.1, 0.15) is 96.5 Å². The Kier molecular flexibility index (Phi) is 13.7. The molecule has 0 saturated carbocycles. The van der Waals surface area contributed by atoms with Crippen molar-refractivity contribution >= 4 is 5.97 Å². The summed E-state index contributed by atoms with van der Waals surface area (Å²) in [6.45, 7) is 3.66. The summed E-state index contributed by atoms with van der Waals surface area (Å²) in [6.07, 6.45) is 19.0. The molecular formula is C25H40O4. The maximum Gasteiger partial charge on any atom is 0.302 e. The maximum absolute atomic E-state index is 11.4. The number of hydrogen-bond donors (Lipinski definition) is 2. The number of ether oxygens (including phenoxy) is 1. The summed E-state index contributed by atoms with van der Waals surface area (Å²) in [7, 11) is 0. The largest absolute Gasteiger partial charge is 0.508 e. The van der Waals surface area contributed by atoms with E-state index in [1.807, 2.05) is 0 Å². The van der Waals surface area contributed by atoms with Gasteiger partial charge >= 0.3 is 5.97 Å². The summed E-state index contributed by atoms with van der Waals surface area (Å²) in [6, 6.07) is 4.44. The van der Waals surface area contributed by atoms with Crippen LogP contribution >= 0.6 is 0 Å². The second-order valence-corrected chi connectivity index (χ2v) is 7.91. The van der Waals surface area contributed by atoms with Gasteiger partial charge in [-0.1, -0.05) is 57.6 Å². The van der Waals surface area contributed by atoms with Gasteiger partial charge < -0.3 is 14.9 Å². The molecule has 1 atom stereocenters. The summed E-state index contributed by atoms with van der Waals surface area (Å²) >= 11 is 0. The van der Waals surface area contributed by atoms with Gasteiger partial charge in [0.05, 0.1) is 0 Å². The Balaban J connectivity index is 2.19. The molecule has 4 nitrogen and oxygen atoms in total. The molecule has 0 saturated heterocycles. The van der Waals surface area contributed by atoms with Crippen LogP contribution in [0.2, 0.25) is 0 Å². The number of benzene rings is 1. The predicted molar refractivity (Wildman–Crippen MR) is 119 cm³/mol. The lowest BCUT2D eigenvalue weighted by molar-refractivity contribution is -0.146. The summed E-state index contributed by atoms with van der Waals surface area (Å²) in [5.41, 5.74) is 0.605. The lowest BCUT2D eigenvalue weighted by atomic mass is 10.0. The normalized spacial score (nSPS) is 12.3. The van der Waals surface area contributed by atoms with E-state index in [0.717, 1.165) is 32.1 Å². The van der Waals surface area contributed by atoms with Crippen LogP contribution in [0.25, 0.3) is 0 Å². The summed E-state index contributed by atoms with van der Waals surface area (Å²) in [5, 5.41) is 19.5. The first kappa shape index (κ1) is 25.1. The molecule has 0 unspecified atom stereocenters. The number of aromatic hydroxyl groups is 2. The van der Waals surface area contributed by atoms with E-state index in [-0.39, 0.29) is 23.6 Å². The fourth-order valence-electron chi connectivity index (χ4n) is 3.51. The van der Waals surface area contributed by atoms with Gasteiger partial charge in [-0.3, -0.25) is 4.79 Å². The van der Waals surface area contributed by atoms with E-state index in [2.05, 4.69) is 19.1 Å². The molecule has 0 bridgehead atoms. The second kappa shape index (κ2) is 15.9. The number of rotatable bonds is 16. The molecule has 0 amide bonds. The van der Waals surface area contributed by atoms with Gasteiger partial charge in [0.25, 0.3) is 0 Å². The molecule has 1 aromatic rings. The number of carbonyl (C=O) groups excluding carboxylic acids is 1. The van der Waals surface area contributed by atoms with Crippen LogP contribution in [0.15, 0.2) is 30.4 Å². The van der Waals surface area contributed by atoms with Crippen molar-refractivity contribution in [3.63, 3.8) is 0 Å². The van der Waals surface area contributed by atoms with Gasteiger partial charge in [0.1, 0.15) is 17.6 Å². The highest BCUT2D eigenvalue weighted by Gasteiger charge is 2.15. The molecule has 0 fully saturated rings. The molecule has 29 heavy (non-hydrogen) atoms. The Bertz CT molecular complexity index is 594. The topological polar surface area (TPSA) is 66.8 Å². The molecule has 0 radical (unpaired) electrons. The van der Waals surface area contributed by atoms with Crippen molar-refractivity contribution in [2.24, 2.45) is 0 Å². The lowest BCUT2D eigenvalue weighted by Crippen LogP contribution is -2.19. The van der Waals surface area contributed by atoms with E-state index in [4.69, 9.17) is 4.74 Å².